The first-order valence-corrected chi connectivity index (χ1v) is 3.58. The van der Waals surface area contributed by atoms with Crippen LogP contribution in [0.4, 0.5) is 0 Å². The summed E-state index contributed by atoms with van der Waals surface area (Å²) in [6.45, 7) is 6.02. The van der Waals surface area contributed by atoms with Crippen molar-refractivity contribution in [2.45, 2.75) is 25.8 Å². The van der Waals surface area contributed by atoms with Gasteiger partial charge in [-0.05, 0) is 32.7 Å². The van der Waals surface area contributed by atoms with Crippen molar-refractivity contribution in [2.75, 3.05) is 7.05 Å². The molecule has 0 amide bonds. The highest BCUT2D eigenvalue weighted by molar-refractivity contribution is 5.07. The molecule has 1 aliphatic carbocycles. The number of nitrogens with one attached hydrogen (secondary N) is 1. The van der Waals surface area contributed by atoms with Crippen LogP contribution < -0.4 is 5.32 Å². The molecule has 52 valence electrons. The smallest absolute Gasteiger partial charge is 0.0299 e. The van der Waals surface area contributed by atoms with Gasteiger partial charge in [-0.15, -0.1) is 0 Å². The molecule has 0 bridgehead atoms. The Morgan fingerprint density at radius 1 is 1.67 bits per heavy atom. The lowest BCUT2D eigenvalue weighted by Gasteiger charge is -2.13. The van der Waals surface area contributed by atoms with Crippen molar-refractivity contribution in [2.24, 2.45) is 5.92 Å². The van der Waals surface area contributed by atoms with E-state index in [2.05, 4.69) is 18.8 Å². The Hall–Kier alpha value is -0.300. The highest BCUT2D eigenvalue weighted by Gasteiger charge is 2.29. The van der Waals surface area contributed by atoms with Crippen molar-refractivity contribution < 1.29 is 0 Å². The van der Waals surface area contributed by atoms with Crippen molar-refractivity contribution in [1.29, 1.82) is 0 Å². The van der Waals surface area contributed by atoms with E-state index in [0.29, 0.717) is 6.04 Å². The van der Waals surface area contributed by atoms with Crippen molar-refractivity contribution in [3.05, 3.63) is 12.2 Å². The molecule has 0 heterocycles. The minimum absolute atomic E-state index is 0.588. The van der Waals surface area contributed by atoms with E-state index in [-0.39, 0.29) is 0 Å². The molecular weight excluding hydrogens is 110 g/mol. The fraction of sp³-hybridized carbons (Fsp3) is 0.750. The summed E-state index contributed by atoms with van der Waals surface area (Å²) in [5.74, 6) is 0.896. The van der Waals surface area contributed by atoms with E-state index in [1.165, 1.54) is 18.4 Å². The summed E-state index contributed by atoms with van der Waals surface area (Å²) in [5.41, 5.74) is 1.28. The summed E-state index contributed by atoms with van der Waals surface area (Å²) in [7, 11) is 2.01. The molecule has 1 rings (SSSR count). The molecule has 0 aliphatic heterocycles. The summed E-state index contributed by atoms with van der Waals surface area (Å²) < 4.78 is 0. The first kappa shape index (κ1) is 6.81. The van der Waals surface area contributed by atoms with Crippen LogP contribution in [0.2, 0.25) is 0 Å². The monoisotopic (exact) mass is 125 g/mol. The van der Waals surface area contributed by atoms with Gasteiger partial charge in [0.2, 0.25) is 0 Å². The van der Waals surface area contributed by atoms with Crippen molar-refractivity contribution in [3.8, 4) is 0 Å². The zero-order chi connectivity index (χ0) is 6.85. The highest BCUT2D eigenvalue weighted by Crippen LogP contribution is 2.34. The minimum atomic E-state index is 0.588. The fourth-order valence-corrected chi connectivity index (χ4v) is 1.31. The van der Waals surface area contributed by atoms with Gasteiger partial charge in [0.25, 0.3) is 0 Å². The fourth-order valence-electron chi connectivity index (χ4n) is 1.31. The van der Waals surface area contributed by atoms with Crippen LogP contribution in [-0.4, -0.2) is 13.1 Å². The number of hydrogen-bond acceptors (Lipinski definition) is 1. The van der Waals surface area contributed by atoms with Gasteiger partial charge in [-0.3, -0.25) is 0 Å². The lowest BCUT2D eigenvalue weighted by molar-refractivity contribution is 0.570. The normalized spacial score (nSPS) is 21.6. The molecule has 0 aromatic heterocycles. The predicted molar refractivity (Wildman–Crippen MR) is 40.4 cm³/mol. The van der Waals surface area contributed by atoms with Crippen LogP contribution >= 0.6 is 0 Å². The van der Waals surface area contributed by atoms with Crippen LogP contribution in [0.1, 0.15) is 19.8 Å². The number of rotatable bonds is 3. The maximum Gasteiger partial charge on any atom is 0.0299 e. The van der Waals surface area contributed by atoms with Crippen LogP contribution in [0.15, 0.2) is 12.2 Å². The Bertz CT molecular complexity index is 114. The molecule has 9 heavy (non-hydrogen) atoms. The second-order valence-corrected chi connectivity index (χ2v) is 2.95. The van der Waals surface area contributed by atoms with Crippen LogP contribution in [0.25, 0.3) is 0 Å². The zero-order valence-electron chi connectivity index (χ0n) is 6.28. The minimum Gasteiger partial charge on any atom is -0.313 e. The van der Waals surface area contributed by atoms with Crippen molar-refractivity contribution >= 4 is 0 Å². The average molecular weight is 125 g/mol. The summed E-state index contributed by atoms with van der Waals surface area (Å²) in [4.78, 5) is 0. The second kappa shape index (κ2) is 2.53. The quantitative estimate of drug-likeness (QED) is 0.564. The van der Waals surface area contributed by atoms with E-state index >= 15 is 0 Å². The first-order valence-electron chi connectivity index (χ1n) is 3.58. The molecule has 0 saturated heterocycles. The number of hydrogen-bond donors (Lipinski definition) is 1. The van der Waals surface area contributed by atoms with Gasteiger partial charge < -0.3 is 5.32 Å². The van der Waals surface area contributed by atoms with Crippen LogP contribution in [0.5, 0.6) is 0 Å². The summed E-state index contributed by atoms with van der Waals surface area (Å²) in [6, 6.07) is 0.588. The Balaban J connectivity index is 2.37. The maximum absolute atomic E-state index is 3.93. The summed E-state index contributed by atoms with van der Waals surface area (Å²) in [6.07, 6.45) is 2.77. The van der Waals surface area contributed by atoms with E-state index in [1.807, 2.05) is 7.05 Å². The van der Waals surface area contributed by atoms with E-state index in [4.69, 9.17) is 0 Å². The van der Waals surface area contributed by atoms with Gasteiger partial charge in [-0.25, -0.2) is 0 Å². The Morgan fingerprint density at radius 2 is 2.22 bits per heavy atom. The average Bonchev–Trinajstić information content (AvgIpc) is 2.50. The molecule has 1 N–H and O–H groups in total. The Kier molecular flexibility index (Phi) is 1.91. The third kappa shape index (κ3) is 1.55. The van der Waals surface area contributed by atoms with Crippen LogP contribution in [-0.2, 0) is 0 Å². The third-order valence-electron chi connectivity index (χ3n) is 1.94. The molecule has 1 saturated carbocycles. The first-order chi connectivity index (χ1) is 4.25. The molecule has 1 aliphatic rings. The van der Waals surface area contributed by atoms with Gasteiger partial charge in [0.1, 0.15) is 0 Å². The molecule has 0 aromatic rings. The zero-order valence-corrected chi connectivity index (χ0v) is 6.28. The molecule has 1 heteroatoms. The molecule has 1 nitrogen and oxygen atoms in total. The van der Waals surface area contributed by atoms with Crippen LogP contribution in [0.3, 0.4) is 0 Å². The van der Waals surface area contributed by atoms with Gasteiger partial charge in [0.05, 0.1) is 0 Å². The highest BCUT2D eigenvalue weighted by atomic mass is 14.9. The van der Waals surface area contributed by atoms with Gasteiger partial charge in [0.15, 0.2) is 0 Å². The van der Waals surface area contributed by atoms with E-state index in [1.54, 1.807) is 0 Å². The van der Waals surface area contributed by atoms with E-state index in [9.17, 15) is 0 Å². The van der Waals surface area contributed by atoms with Gasteiger partial charge in [-0.1, -0.05) is 12.2 Å². The van der Waals surface area contributed by atoms with E-state index < -0.39 is 0 Å². The molecule has 1 fully saturated rings. The summed E-state index contributed by atoms with van der Waals surface area (Å²) in [5, 5.41) is 3.26. The van der Waals surface area contributed by atoms with Gasteiger partial charge in [0, 0.05) is 6.04 Å². The van der Waals surface area contributed by atoms with Crippen molar-refractivity contribution in [1.82, 2.24) is 5.32 Å². The standard InChI is InChI=1S/C8H15N/c1-6(2)8(9-3)7-4-5-7/h7-9H,1,4-5H2,2-3H3. The van der Waals surface area contributed by atoms with E-state index in [0.717, 1.165) is 5.92 Å². The Morgan fingerprint density at radius 3 is 2.33 bits per heavy atom. The second-order valence-electron chi connectivity index (χ2n) is 2.95. The molecule has 1 unspecified atom stereocenters. The molecule has 0 spiro atoms. The van der Waals surface area contributed by atoms with Gasteiger partial charge in [-0.2, -0.15) is 0 Å². The predicted octanol–water partition coefficient (Wildman–Crippen LogP) is 1.56. The Labute approximate surface area is 57.1 Å². The topological polar surface area (TPSA) is 12.0 Å². The third-order valence-corrected chi connectivity index (χ3v) is 1.94. The molecule has 1 atom stereocenters. The lowest BCUT2D eigenvalue weighted by atomic mass is 10.1. The SMILES string of the molecule is C=C(C)C(NC)C1CC1. The maximum atomic E-state index is 3.93. The molecule has 0 aromatic carbocycles. The number of likely N-dealkylation sites (N-methyl/N-ethyl adjacent to an activating group) is 1. The largest absolute Gasteiger partial charge is 0.313 e. The molecule has 0 radical (unpaired) electrons. The van der Waals surface area contributed by atoms with Crippen molar-refractivity contribution in [3.63, 3.8) is 0 Å². The summed E-state index contributed by atoms with van der Waals surface area (Å²) >= 11 is 0. The lowest BCUT2D eigenvalue weighted by Crippen LogP contribution is -2.27. The molecular formula is C8H15N. The van der Waals surface area contributed by atoms with Crippen LogP contribution in [0, 0.1) is 5.92 Å². The van der Waals surface area contributed by atoms with Gasteiger partial charge >= 0.3 is 0 Å².